The van der Waals surface area contributed by atoms with Gasteiger partial charge in [-0.2, -0.15) is 0 Å². The average molecular weight is 221 g/mol. The van der Waals surface area contributed by atoms with Crippen LogP contribution in [0.25, 0.3) is 0 Å². The molecule has 1 saturated heterocycles. The van der Waals surface area contributed by atoms with Crippen molar-refractivity contribution in [2.45, 2.75) is 36.7 Å². The predicted molar refractivity (Wildman–Crippen MR) is 50.0 cm³/mol. The van der Waals surface area contributed by atoms with E-state index in [4.69, 9.17) is 14.6 Å². The molecule has 82 valence electrons. The zero-order valence-electron chi connectivity index (χ0n) is 7.94. The molecule has 0 aromatic heterocycles. The summed E-state index contributed by atoms with van der Waals surface area (Å²) in [4.78, 5) is 0. The van der Waals surface area contributed by atoms with E-state index in [1.807, 2.05) is 0 Å². The van der Waals surface area contributed by atoms with Crippen molar-refractivity contribution in [2.24, 2.45) is 5.14 Å². The molecule has 1 spiro atoms. The van der Waals surface area contributed by atoms with Crippen molar-refractivity contribution in [3.05, 3.63) is 0 Å². The van der Waals surface area contributed by atoms with Crippen LogP contribution in [0.15, 0.2) is 0 Å². The van der Waals surface area contributed by atoms with Crippen molar-refractivity contribution in [1.82, 2.24) is 0 Å². The molecule has 1 saturated carbocycles. The van der Waals surface area contributed by atoms with E-state index in [-0.39, 0.29) is 0 Å². The van der Waals surface area contributed by atoms with Gasteiger partial charge in [-0.15, -0.1) is 0 Å². The molecule has 1 aliphatic heterocycles. The lowest BCUT2D eigenvalue weighted by atomic mass is 9.94. The molecule has 0 bridgehead atoms. The Labute approximate surface area is 83.6 Å². The van der Waals surface area contributed by atoms with Crippen LogP contribution in [0.1, 0.15) is 25.7 Å². The third kappa shape index (κ3) is 1.93. The van der Waals surface area contributed by atoms with Gasteiger partial charge in [-0.05, 0) is 12.8 Å². The molecule has 0 radical (unpaired) electrons. The monoisotopic (exact) mass is 221 g/mol. The maximum absolute atomic E-state index is 11.1. The molecule has 0 unspecified atom stereocenters. The predicted octanol–water partition coefficient (Wildman–Crippen LogP) is -0.0394. The van der Waals surface area contributed by atoms with E-state index in [9.17, 15) is 8.42 Å². The van der Waals surface area contributed by atoms with Gasteiger partial charge in [0.1, 0.15) is 0 Å². The first-order valence-electron chi connectivity index (χ1n) is 4.81. The molecular weight excluding hydrogens is 206 g/mol. The van der Waals surface area contributed by atoms with Crippen LogP contribution < -0.4 is 5.14 Å². The normalized spacial score (nSPS) is 28.4. The highest BCUT2D eigenvalue weighted by atomic mass is 32.2. The lowest BCUT2D eigenvalue weighted by Gasteiger charge is -2.34. The van der Waals surface area contributed by atoms with Crippen molar-refractivity contribution in [1.29, 1.82) is 0 Å². The summed E-state index contributed by atoms with van der Waals surface area (Å²) in [5, 5.41) is 4.67. The van der Waals surface area contributed by atoms with Crippen LogP contribution in [0, 0.1) is 0 Å². The molecule has 2 N–H and O–H groups in total. The first kappa shape index (κ1) is 10.4. The van der Waals surface area contributed by atoms with E-state index in [0.29, 0.717) is 38.9 Å². The number of hydrogen-bond donors (Lipinski definition) is 1. The third-order valence-corrected chi connectivity index (χ3v) is 4.37. The van der Waals surface area contributed by atoms with Crippen LogP contribution >= 0.6 is 0 Å². The fraction of sp³-hybridized carbons (Fsp3) is 1.00. The molecule has 0 atom stereocenters. The summed E-state index contributed by atoms with van der Waals surface area (Å²) < 4.78 is 33.1. The van der Waals surface area contributed by atoms with Crippen LogP contribution in [0.3, 0.4) is 0 Å². The summed E-state index contributed by atoms with van der Waals surface area (Å²) in [6, 6.07) is 0. The molecule has 6 heteroatoms. The van der Waals surface area contributed by atoms with Crippen molar-refractivity contribution >= 4 is 10.0 Å². The molecule has 0 aromatic carbocycles. The van der Waals surface area contributed by atoms with Crippen molar-refractivity contribution in [3.63, 3.8) is 0 Å². The minimum Gasteiger partial charge on any atom is -0.348 e. The molecule has 14 heavy (non-hydrogen) atoms. The molecule has 2 aliphatic rings. The second kappa shape index (κ2) is 3.44. The van der Waals surface area contributed by atoms with Gasteiger partial charge >= 0.3 is 0 Å². The number of nitrogens with two attached hydrogens (primary N) is 1. The Morgan fingerprint density at radius 2 is 1.64 bits per heavy atom. The first-order valence-corrected chi connectivity index (χ1v) is 6.42. The molecule has 1 heterocycles. The van der Waals surface area contributed by atoms with Crippen LogP contribution in [0.5, 0.6) is 0 Å². The molecule has 1 aliphatic carbocycles. The first-order chi connectivity index (χ1) is 6.52. The van der Waals surface area contributed by atoms with Crippen molar-refractivity contribution in [3.8, 4) is 0 Å². The van der Waals surface area contributed by atoms with Gasteiger partial charge in [0, 0.05) is 12.8 Å². The van der Waals surface area contributed by atoms with E-state index in [1.54, 1.807) is 0 Å². The van der Waals surface area contributed by atoms with Gasteiger partial charge in [0.15, 0.2) is 5.79 Å². The van der Waals surface area contributed by atoms with Gasteiger partial charge in [-0.1, -0.05) is 0 Å². The highest BCUT2D eigenvalue weighted by Gasteiger charge is 2.42. The average Bonchev–Trinajstić information content (AvgIpc) is 2.53. The fourth-order valence-corrected chi connectivity index (χ4v) is 3.04. The van der Waals surface area contributed by atoms with E-state index in [0.717, 1.165) is 0 Å². The number of ether oxygens (including phenoxy) is 2. The second-order valence-corrected chi connectivity index (χ2v) is 5.74. The zero-order valence-corrected chi connectivity index (χ0v) is 8.76. The number of primary sulfonamides is 1. The maximum atomic E-state index is 11.1. The zero-order chi connectivity index (χ0) is 10.2. The molecule has 2 rings (SSSR count). The highest BCUT2D eigenvalue weighted by Crippen LogP contribution is 2.37. The Morgan fingerprint density at radius 1 is 1.14 bits per heavy atom. The third-order valence-electron chi connectivity index (χ3n) is 2.97. The Kier molecular flexibility index (Phi) is 2.55. The van der Waals surface area contributed by atoms with Gasteiger partial charge in [-0.3, -0.25) is 0 Å². The SMILES string of the molecule is NS(=O)(=O)C1CCC2(CC1)OCCO2. The Morgan fingerprint density at radius 3 is 2.07 bits per heavy atom. The summed E-state index contributed by atoms with van der Waals surface area (Å²) in [5.41, 5.74) is 0. The van der Waals surface area contributed by atoms with Crippen LogP contribution in [0.4, 0.5) is 0 Å². The lowest BCUT2D eigenvalue weighted by Crippen LogP contribution is -2.41. The molecule has 0 aromatic rings. The second-order valence-electron chi connectivity index (χ2n) is 3.90. The van der Waals surface area contributed by atoms with E-state index >= 15 is 0 Å². The largest absolute Gasteiger partial charge is 0.348 e. The lowest BCUT2D eigenvalue weighted by molar-refractivity contribution is -0.176. The van der Waals surface area contributed by atoms with Crippen molar-refractivity contribution < 1.29 is 17.9 Å². The number of hydrogen-bond acceptors (Lipinski definition) is 4. The van der Waals surface area contributed by atoms with Gasteiger partial charge in [-0.25, -0.2) is 13.6 Å². The van der Waals surface area contributed by atoms with Gasteiger partial charge in [0.2, 0.25) is 10.0 Å². The Hall–Kier alpha value is -0.170. The van der Waals surface area contributed by atoms with E-state index in [1.165, 1.54) is 0 Å². The Balaban J connectivity index is 1.98. The van der Waals surface area contributed by atoms with Gasteiger partial charge in [0.05, 0.1) is 18.5 Å². The fourth-order valence-electron chi connectivity index (χ4n) is 2.15. The molecule has 0 amide bonds. The molecule has 2 fully saturated rings. The summed E-state index contributed by atoms with van der Waals surface area (Å²) in [6.07, 6.45) is 2.35. The quantitative estimate of drug-likeness (QED) is 0.674. The van der Waals surface area contributed by atoms with Crippen LogP contribution in [-0.2, 0) is 19.5 Å². The minimum absolute atomic E-state index is 0.416. The van der Waals surface area contributed by atoms with E-state index < -0.39 is 21.1 Å². The summed E-state index contributed by atoms with van der Waals surface area (Å²) in [6.45, 7) is 1.22. The molecular formula is C8H15NO4S. The number of sulfonamides is 1. The van der Waals surface area contributed by atoms with Gasteiger partial charge < -0.3 is 9.47 Å². The van der Waals surface area contributed by atoms with Crippen molar-refractivity contribution in [2.75, 3.05) is 13.2 Å². The maximum Gasteiger partial charge on any atom is 0.211 e. The Bertz CT molecular complexity index is 297. The van der Waals surface area contributed by atoms with Gasteiger partial charge in [0.25, 0.3) is 0 Å². The highest BCUT2D eigenvalue weighted by molar-refractivity contribution is 7.89. The molecule has 5 nitrogen and oxygen atoms in total. The number of rotatable bonds is 1. The smallest absolute Gasteiger partial charge is 0.211 e. The van der Waals surface area contributed by atoms with Crippen LogP contribution in [-0.4, -0.2) is 32.7 Å². The standard InChI is InChI=1S/C8H15NO4S/c9-14(10,11)7-1-3-8(4-2-7)12-5-6-13-8/h7H,1-6H2,(H2,9,10,11). The summed E-state index contributed by atoms with van der Waals surface area (Å²) in [7, 11) is -3.38. The summed E-state index contributed by atoms with van der Waals surface area (Å²) in [5.74, 6) is -0.499. The van der Waals surface area contributed by atoms with Crippen LogP contribution in [0.2, 0.25) is 0 Å². The summed E-state index contributed by atoms with van der Waals surface area (Å²) >= 11 is 0. The minimum atomic E-state index is -3.38. The topological polar surface area (TPSA) is 78.6 Å². The van der Waals surface area contributed by atoms with E-state index in [2.05, 4.69) is 0 Å².